The number of rotatable bonds is 5. The van der Waals surface area contributed by atoms with Gasteiger partial charge in [-0.15, -0.1) is 11.3 Å². The van der Waals surface area contributed by atoms with Crippen LogP contribution in [-0.4, -0.2) is 23.8 Å². The van der Waals surface area contributed by atoms with Crippen molar-refractivity contribution in [2.24, 2.45) is 0 Å². The average molecular weight is 477 g/mol. The molecule has 3 nitrogen and oxygen atoms in total. The number of thiophene rings is 1. The lowest BCUT2D eigenvalue weighted by Crippen LogP contribution is -2.49. The Hall–Kier alpha value is -3.12. The minimum Gasteiger partial charge on any atom is -0.456 e. The van der Waals surface area contributed by atoms with Gasteiger partial charge in [0, 0.05) is 30.9 Å². The number of furan rings is 1. The molecule has 0 saturated carbocycles. The van der Waals surface area contributed by atoms with E-state index < -0.39 is 11.2 Å². The molecule has 5 heteroatoms. The Labute approximate surface area is 209 Å². The fraction of sp³-hybridized carbons (Fsp3) is 0.200. The third-order valence-corrected chi connectivity index (χ3v) is 8.34. The molecule has 0 fully saturated rings. The second kappa shape index (κ2) is 7.96. The quantitative estimate of drug-likeness (QED) is 0.263. The highest BCUT2D eigenvalue weighted by Crippen LogP contribution is 2.43. The van der Waals surface area contributed by atoms with E-state index in [0.717, 1.165) is 33.0 Å². The molecule has 2 heterocycles. The van der Waals surface area contributed by atoms with Crippen LogP contribution in [-0.2, 0) is 4.65 Å². The molecule has 0 saturated heterocycles. The summed E-state index contributed by atoms with van der Waals surface area (Å²) in [6.45, 7) is 7.31. The van der Waals surface area contributed by atoms with Gasteiger partial charge in [-0.2, -0.15) is 0 Å². The summed E-state index contributed by atoms with van der Waals surface area (Å²) in [5.74, 6) is 0. The van der Waals surface area contributed by atoms with Gasteiger partial charge in [0.25, 0.3) is 0 Å². The lowest BCUT2D eigenvalue weighted by Gasteiger charge is -2.37. The molecule has 6 aromatic rings. The second-order valence-electron chi connectivity index (χ2n) is 10.1. The van der Waals surface area contributed by atoms with Crippen molar-refractivity contribution in [1.82, 2.24) is 0 Å². The predicted octanol–water partition coefficient (Wildman–Crippen LogP) is 7.43. The monoisotopic (exact) mass is 477 g/mol. The number of fused-ring (bicyclic) bond motifs is 6. The van der Waals surface area contributed by atoms with E-state index in [4.69, 9.17) is 9.07 Å². The smallest absolute Gasteiger partial charge is 0.331 e. The van der Waals surface area contributed by atoms with Crippen molar-refractivity contribution < 1.29 is 14.2 Å². The van der Waals surface area contributed by atoms with E-state index in [1.807, 2.05) is 49.4 Å². The maximum absolute atomic E-state index is 10.6. The number of hydrogen-bond acceptors (Lipinski definition) is 4. The SMILES string of the molecule is CC(C)(O)C(C)(C)O[B]c1cccc2oc3cccc(-c4cccc5sc6ccccc6c45)c3c12. The summed E-state index contributed by atoms with van der Waals surface area (Å²) in [6.07, 6.45) is 0. The third-order valence-electron chi connectivity index (χ3n) is 7.20. The summed E-state index contributed by atoms with van der Waals surface area (Å²) < 4.78 is 15.0. The maximum atomic E-state index is 10.6. The molecule has 0 atom stereocenters. The molecule has 173 valence electrons. The van der Waals surface area contributed by atoms with Gasteiger partial charge in [-0.3, -0.25) is 0 Å². The minimum absolute atomic E-state index is 0.765. The minimum atomic E-state index is -1.00. The lowest BCUT2D eigenvalue weighted by atomic mass is 9.80. The Kier molecular flexibility index (Phi) is 5.08. The summed E-state index contributed by atoms with van der Waals surface area (Å²) >= 11 is 1.82. The highest BCUT2D eigenvalue weighted by Gasteiger charge is 2.36. The molecule has 6 rings (SSSR count). The molecule has 0 unspecified atom stereocenters. The summed E-state index contributed by atoms with van der Waals surface area (Å²) in [4.78, 5) is 0. The Morgan fingerprint density at radius 1 is 0.714 bits per heavy atom. The van der Waals surface area contributed by atoms with Gasteiger partial charge in [0.2, 0.25) is 0 Å². The molecule has 35 heavy (non-hydrogen) atoms. The molecule has 0 bridgehead atoms. The Morgan fingerprint density at radius 2 is 1.34 bits per heavy atom. The first kappa shape index (κ1) is 22.4. The zero-order valence-corrected chi connectivity index (χ0v) is 21.1. The van der Waals surface area contributed by atoms with E-state index in [9.17, 15) is 5.11 Å². The molecule has 0 aliphatic carbocycles. The van der Waals surface area contributed by atoms with Crippen LogP contribution in [0.15, 0.2) is 83.3 Å². The number of hydrogen-bond donors (Lipinski definition) is 1. The third kappa shape index (κ3) is 3.58. The highest BCUT2D eigenvalue weighted by molar-refractivity contribution is 7.25. The average Bonchev–Trinajstić information content (AvgIpc) is 3.40. The van der Waals surface area contributed by atoms with Crippen LogP contribution in [0.1, 0.15) is 27.7 Å². The fourth-order valence-electron chi connectivity index (χ4n) is 4.57. The Balaban J connectivity index is 1.60. The topological polar surface area (TPSA) is 42.6 Å². The van der Waals surface area contributed by atoms with Crippen LogP contribution >= 0.6 is 11.3 Å². The highest BCUT2D eigenvalue weighted by atomic mass is 32.1. The fourth-order valence-corrected chi connectivity index (χ4v) is 5.70. The molecular formula is C30H26BO3S. The maximum Gasteiger partial charge on any atom is 0.331 e. The van der Waals surface area contributed by atoms with Crippen molar-refractivity contribution in [2.45, 2.75) is 38.9 Å². The van der Waals surface area contributed by atoms with Gasteiger partial charge >= 0.3 is 7.48 Å². The Morgan fingerprint density at radius 3 is 2.11 bits per heavy atom. The van der Waals surface area contributed by atoms with E-state index in [0.29, 0.717) is 0 Å². The van der Waals surface area contributed by atoms with Gasteiger partial charge in [0.05, 0.1) is 11.2 Å². The van der Waals surface area contributed by atoms with E-state index in [2.05, 4.69) is 54.6 Å². The van der Waals surface area contributed by atoms with Crippen molar-refractivity contribution in [3.63, 3.8) is 0 Å². The number of benzene rings is 4. The first-order valence-corrected chi connectivity index (χ1v) is 12.6. The standard InChI is InChI=1S/C30H26BO3S/c1-29(2,32)30(3,4)34-31-21-13-9-15-23-28(21)27-19(11-7-14-22(27)33-23)18-12-8-17-25-26(18)20-10-5-6-16-24(20)35-25/h5-17,32H,1-4H3. The molecule has 0 aliphatic rings. The van der Waals surface area contributed by atoms with Gasteiger partial charge in [-0.05, 0) is 68.6 Å². The van der Waals surface area contributed by atoms with E-state index in [1.165, 1.54) is 25.7 Å². The summed E-state index contributed by atoms with van der Waals surface area (Å²) in [7, 11) is 1.76. The largest absolute Gasteiger partial charge is 0.456 e. The van der Waals surface area contributed by atoms with Crippen molar-refractivity contribution in [3.8, 4) is 11.1 Å². The van der Waals surface area contributed by atoms with Crippen LogP contribution in [0.4, 0.5) is 0 Å². The summed E-state index contributed by atoms with van der Waals surface area (Å²) in [5.41, 5.74) is 3.15. The molecular weight excluding hydrogens is 451 g/mol. The lowest BCUT2D eigenvalue weighted by molar-refractivity contribution is -0.0893. The molecule has 1 N–H and O–H groups in total. The summed E-state index contributed by atoms with van der Waals surface area (Å²) in [5, 5.41) is 15.2. The van der Waals surface area contributed by atoms with Gasteiger partial charge in [0.15, 0.2) is 0 Å². The van der Waals surface area contributed by atoms with E-state index >= 15 is 0 Å². The van der Waals surface area contributed by atoms with Crippen LogP contribution in [0.2, 0.25) is 0 Å². The van der Waals surface area contributed by atoms with Gasteiger partial charge in [0.1, 0.15) is 11.2 Å². The van der Waals surface area contributed by atoms with Gasteiger partial charge < -0.3 is 14.2 Å². The second-order valence-corrected chi connectivity index (χ2v) is 11.2. The Bertz CT molecular complexity index is 1720. The van der Waals surface area contributed by atoms with Crippen molar-refractivity contribution in [2.75, 3.05) is 0 Å². The molecule has 2 aromatic heterocycles. The predicted molar refractivity (Wildman–Crippen MR) is 149 cm³/mol. The van der Waals surface area contributed by atoms with Crippen LogP contribution in [0, 0.1) is 0 Å². The molecule has 4 aromatic carbocycles. The first-order valence-electron chi connectivity index (χ1n) is 11.8. The molecule has 0 aliphatic heterocycles. The molecule has 0 amide bonds. The van der Waals surface area contributed by atoms with Crippen molar-refractivity contribution in [1.29, 1.82) is 0 Å². The number of aliphatic hydroxyl groups is 1. The summed E-state index contributed by atoms with van der Waals surface area (Å²) in [6, 6.07) is 27.4. The van der Waals surface area contributed by atoms with E-state index in [-0.39, 0.29) is 0 Å². The van der Waals surface area contributed by atoms with Crippen LogP contribution in [0.3, 0.4) is 0 Å². The zero-order chi connectivity index (χ0) is 24.4. The van der Waals surface area contributed by atoms with E-state index in [1.54, 1.807) is 21.3 Å². The normalized spacial score (nSPS) is 12.8. The van der Waals surface area contributed by atoms with Gasteiger partial charge in [-0.25, -0.2) is 0 Å². The zero-order valence-electron chi connectivity index (χ0n) is 20.3. The first-order chi connectivity index (χ1) is 16.7. The van der Waals surface area contributed by atoms with Crippen LogP contribution in [0.5, 0.6) is 0 Å². The van der Waals surface area contributed by atoms with Gasteiger partial charge in [-0.1, -0.05) is 54.6 Å². The van der Waals surface area contributed by atoms with Crippen LogP contribution in [0.25, 0.3) is 53.2 Å². The van der Waals surface area contributed by atoms with Crippen LogP contribution < -0.4 is 5.46 Å². The molecule has 1 radical (unpaired) electrons. The van der Waals surface area contributed by atoms with Crippen molar-refractivity contribution in [3.05, 3.63) is 78.9 Å². The molecule has 0 spiro atoms. The van der Waals surface area contributed by atoms with Crippen molar-refractivity contribution >= 4 is 66.4 Å².